The number of aliphatic imine (C=N–C) groups is 1. The lowest BCUT2D eigenvalue weighted by atomic mass is 9.94. The van der Waals surface area contributed by atoms with Gasteiger partial charge >= 0.3 is 6.09 Å². The molecule has 0 aromatic rings. The molecule has 0 aromatic carbocycles. The third-order valence-electron chi connectivity index (χ3n) is 3.26. The van der Waals surface area contributed by atoms with Gasteiger partial charge in [-0.15, -0.1) is 0 Å². The topological polar surface area (TPSA) is 79.2 Å². The fourth-order valence-electron chi connectivity index (χ4n) is 2.35. The van der Waals surface area contributed by atoms with Crippen molar-refractivity contribution in [1.29, 1.82) is 0 Å². The quantitative estimate of drug-likeness (QED) is 0.736. The summed E-state index contributed by atoms with van der Waals surface area (Å²) in [5.74, 6) is -0.634. The van der Waals surface area contributed by atoms with Crippen molar-refractivity contribution in [3.63, 3.8) is 0 Å². The van der Waals surface area contributed by atoms with Crippen LogP contribution in [0, 0.1) is 5.92 Å². The van der Waals surface area contributed by atoms with Crippen molar-refractivity contribution in [2.45, 2.75) is 39.2 Å². The highest BCUT2D eigenvalue weighted by molar-refractivity contribution is 6.05. The van der Waals surface area contributed by atoms with Crippen LogP contribution in [0.1, 0.15) is 33.6 Å². The molecule has 2 amide bonds. The fourth-order valence-corrected chi connectivity index (χ4v) is 2.35. The Morgan fingerprint density at radius 3 is 2.80 bits per heavy atom. The van der Waals surface area contributed by atoms with Crippen LogP contribution < -0.4 is 0 Å². The summed E-state index contributed by atoms with van der Waals surface area (Å²) in [7, 11) is 0. The van der Waals surface area contributed by atoms with E-state index in [0.717, 1.165) is 6.08 Å². The van der Waals surface area contributed by atoms with Crippen LogP contribution in [0.5, 0.6) is 0 Å². The maximum Gasteiger partial charge on any atom is 0.410 e. The first-order chi connectivity index (χ1) is 9.26. The molecule has 6 nitrogen and oxygen atoms in total. The van der Waals surface area contributed by atoms with Gasteiger partial charge in [0.1, 0.15) is 11.4 Å². The number of rotatable bonds is 0. The number of allylic oxidation sites excluding steroid dienone is 1. The van der Waals surface area contributed by atoms with Crippen LogP contribution in [0.4, 0.5) is 4.79 Å². The molecule has 1 saturated heterocycles. The number of carbonyl (C=O) groups excluding carboxylic acids is 2. The summed E-state index contributed by atoms with van der Waals surface area (Å²) < 4.78 is 5.34. The standard InChI is InChI=1S/C14H20N2O4/c1-14(2,3)20-13(19)16-6-4-9-10(5-7-16)15-12(18)8-11(9)17/h8-9,17H,4-7H2,1-3H3. The van der Waals surface area contributed by atoms with Crippen molar-refractivity contribution in [1.82, 2.24) is 4.90 Å². The summed E-state index contributed by atoms with van der Waals surface area (Å²) in [6, 6.07) is 0. The first kappa shape index (κ1) is 14.6. The number of hydrogen-bond donors (Lipinski definition) is 1. The molecule has 0 aromatic heterocycles. The third kappa shape index (κ3) is 3.37. The predicted molar refractivity (Wildman–Crippen MR) is 73.7 cm³/mol. The van der Waals surface area contributed by atoms with Gasteiger partial charge in [0, 0.05) is 31.3 Å². The van der Waals surface area contributed by atoms with Crippen molar-refractivity contribution in [2.24, 2.45) is 10.9 Å². The largest absolute Gasteiger partial charge is 0.511 e. The summed E-state index contributed by atoms with van der Waals surface area (Å²) in [6.45, 7) is 6.38. The minimum absolute atomic E-state index is 0.0473. The van der Waals surface area contributed by atoms with E-state index in [1.807, 2.05) is 20.8 Å². The molecular weight excluding hydrogens is 260 g/mol. The molecule has 2 aliphatic rings. The first-order valence-corrected chi connectivity index (χ1v) is 6.76. The zero-order valence-electron chi connectivity index (χ0n) is 12.0. The van der Waals surface area contributed by atoms with Crippen molar-refractivity contribution >= 4 is 17.7 Å². The molecule has 1 atom stereocenters. The number of dihydropyridines is 1. The van der Waals surface area contributed by atoms with Crippen LogP contribution in [0.3, 0.4) is 0 Å². The molecule has 1 unspecified atom stereocenters. The summed E-state index contributed by atoms with van der Waals surface area (Å²) in [4.78, 5) is 28.9. The van der Waals surface area contributed by atoms with E-state index >= 15 is 0 Å². The van der Waals surface area contributed by atoms with E-state index in [1.54, 1.807) is 4.90 Å². The van der Waals surface area contributed by atoms with E-state index in [4.69, 9.17) is 4.74 Å². The highest BCUT2D eigenvalue weighted by Crippen LogP contribution is 2.25. The zero-order chi connectivity index (χ0) is 14.9. The van der Waals surface area contributed by atoms with Gasteiger partial charge in [0.2, 0.25) is 0 Å². The van der Waals surface area contributed by atoms with Crippen molar-refractivity contribution in [3.05, 3.63) is 11.8 Å². The van der Waals surface area contributed by atoms with Crippen molar-refractivity contribution in [3.8, 4) is 0 Å². The summed E-state index contributed by atoms with van der Waals surface area (Å²) in [6.07, 6.45) is 1.81. The minimum Gasteiger partial charge on any atom is -0.511 e. The summed E-state index contributed by atoms with van der Waals surface area (Å²) in [5.41, 5.74) is 0.118. The highest BCUT2D eigenvalue weighted by Gasteiger charge is 2.32. The molecule has 0 saturated carbocycles. The second-order valence-electron chi connectivity index (χ2n) is 6.07. The van der Waals surface area contributed by atoms with Gasteiger partial charge in [-0.1, -0.05) is 0 Å². The van der Waals surface area contributed by atoms with Crippen molar-refractivity contribution in [2.75, 3.05) is 13.1 Å². The normalized spacial score (nSPS) is 23.4. The molecule has 1 fully saturated rings. The lowest BCUT2D eigenvalue weighted by Crippen LogP contribution is -2.37. The molecule has 0 aliphatic carbocycles. The molecule has 110 valence electrons. The van der Waals surface area contributed by atoms with Crippen LogP contribution >= 0.6 is 0 Å². The van der Waals surface area contributed by atoms with Crippen LogP contribution in [-0.4, -0.2) is 46.4 Å². The number of hydrogen-bond acceptors (Lipinski definition) is 4. The number of nitrogens with zero attached hydrogens (tertiary/aromatic N) is 2. The van der Waals surface area contributed by atoms with Gasteiger partial charge in [0.05, 0.1) is 5.92 Å². The Morgan fingerprint density at radius 1 is 1.45 bits per heavy atom. The van der Waals surface area contributed by atoms with E-state index in [-0.39, 0.29) is 17.8 Å². The second kappa shape index (κ2) is 5.26. The Hall–Kier alpha value is -1.85. The van der Waals surface area contributed by atoms with E-state index in [2.05, 4.69) is 4.99 Å². The van der Waals surface area contributed by atoms with Gasteiger partial charge in [0.25, 0.3) is 5.91 Å². The van der Waals surface area contributed by atoms with E-state index in [9.17, 15) is 14.7 Å². The Morgan fingerprint density at radius 2 is 2.15 bits per heavy atom. The smallest absolute Gasteiger partial charge is 0.410 e. The van der Waals surface area contributed by atoms with Crippen LogP contribution in [0.25, 0.3) is 0 Å². The molecular formula is C14H20N2O4. The molecule has 2 heterocycles. The number of amides is 2. The number of likely N-dealkylation sites (tertiary alicyclic amines) is 1. The molecule has 20 heavy (non-hydrogen) atoms. The number of aliphatic hydroxyl groups is 1. The van der Waals surface area contributed by atoms with Gasteiger partial charge in [-0.2, -0.15) is 0 Å². The SMILES string of the molecule is CC(C)(C)OC(=O)N1CCC2=NC(=O)C=C(O)C2CC1. The Bertz CT molecular complexity index is 488. The van der Waals surface area contributed by atoms with Crippen LogP contribution in [0.2, 0.25) is 0 Å². The van der Waals surface area contributed by atoms with Crippen LogP contribution in [-0.2, 0) is 9.53 Å². The van der Waals surface area contributed by atoms with Gasteiger partial charge in [-0.05, 0) is 27.2 Å². The van der Waals surface area contributed by atoms with Gasteiger partial charge in [-0.25, -0.2) is 9.79 Å². The number of fused-ring (bicyclic) bond motifs is 1. The highest BCUT2D eigenvalue weighted by atomic mass is 16.6. The summed E-state index contributed by atoms with van der Waals surface area (Å²) >= 11 is 0. The lowest BCUT2D eigenvalue weighted by Gasteiger charge is -2.26. The minimum atomic E-state index is -0.536. The predicted octanol–water partition coefficient (Wildman–Crippen LogP) is 2.06. The molecule has 1 N–H and O–H groups in total. The zero-order valence-corrected chi connectivity index (χ0v) is 12.0. The maximum atomic E-state index is 12.0. The maximum absolute atomic E-state index is 12.0. The van der Waals surface area contributed by atoms with Gasteiger partial charge < -0.3 is 14.7 Å². The number of aliphatic hydroxyl groups excluding tert-OH is 1. The molecule has 2 aliphatic heterocycles. The average molecular weight is 280 g/mol. The molecule has 0 radical (unpaired) electrons. The van der Waals surface area contributed by atoms with E-state index in [0.29, 0.717) is 31.6 Å². The fraction of sp³-hybridized carbons (Fsp3) is 0.643. The molecule has 0 bridgehead atoms. The molecule has 0 spiro atoms. The monoisotopic (exact) mass is 280 g/mol. The Labute approximate surface area is 118 Å². The third-order valence-corrected chi connectivity index (χ3v) is 3.26. The number of carbonyl (C=O) groups is 2. The van der Waals surface area contributed by atoms with E-state index < -0.39 is 11.5 Å². The molecule has 6 heteroatoms. The lowest BCUT2D eigenvalue weighted by molar-refractivity contribution is -0.113. The Kier molecular flexibility index (Phi) is 3.83. The first-order valence-electron chi connectivity index (χ1n) is 6.76. The second-order valence-corrected chi connectivity index (χ2v) is 6.07. The van der Waals surface area contributed by atoms with Crippen LogP contribution in [0.15, 0.2) is 16.8 Å². The van der Waals surface area contributed by atoms with E-state index in [1.165, 1.54) is 0 Å². The van der Waals surface area contributed by atoms with Gasteiger partial charge in [0.15, 0.2) is 0 Å². The van der Waals surface area contributed by atoms with Crippen molar-refractivity contribution < 1.29 is 19.4 Å². The summed E-state index contributed by atoms with van der Waals surface area (Å²) in [5, 5.41) is 9.84. The average Bonchev–Trinajstić information content (AvgIpc) is 2.49. The molecule has 2 rings (SSSR count). The van der Waals surface area contributed by atoms with Gasteiger partial charge in [-0.3, -0.25) is 4.79 Å². The number of ether oxygens (including phenoxy) is 1. The Balaban J connectivity index is 2.06.